The summed E-state index contributed by atoms with van der Waals surface area (Å²) in [5.41, 5.74) is 11.9. The van der Waals surface area contributed by atoms with E-state index in [9.17, 15) is 0 Å². The summed E-state index contributed by atoms with van der Waals surface area (Å²) in [6.07, 6.45) is 1.79. The van der Waals surface area contributed by atoms with E-state index in [-0.39, 0.29) is 0 Å². The van der Waals surface area contributed by atoms with E-state index in [0.717, 1.165) is 40.4 Å². The van der Waals surface area contributed by atoms with Crippen LogP contribution >= 0.6 is 0 Å². The predicted molar refractivity (Wildman–Crippen MR) is 69.8 cm³/mol. The highest BCUT2D eigenvalue weighted by atomic mass is 15.3. The molecule has 0 radical (unpaired) electrons. The molecule has 4 heteroatoms. The van der Waals surface area contributed by atoms with Crippen LogP contribution in [0.3, 0.4) is 0 Å². The summed E-state index contributed by atoms with van der Waals surface area (Å²) in [7, 11) is 0. The van der Waals surface area contributed by atoms with Crippen molar-refractivity contribution in [2.45, 2.75) is 34.2 Å². The summed E-state index contributed by atoms with van der Waals surface area (Å²) in [6, 6.07) is 1.92. The monoisotopic (exact) mass is 230 g/mol. The molecule has 2 heterocycles. The average Bonchev–Trinajstić information content (AvgIpc) is 2.58. The molecule has 2 rings (SSSR count). The van der Waals surface area contributed by atoms with Crippen LogP contribution < -0.4 is 5.73 Å². The highest BCUT2D eigenvalue weighted by molar-refractivity contribution is 5.77. The summed E-state index contributed by atoms with van der Waals surface area (Å²) in [5.74, 6) is 0. The molecule has 0 spiro atoms. The molecule has 0 amide bonds. The van der Waals surface area contributed by atoms with Gasteiger partial charge in [-0.1, -0.05) is 0 Å². The zero-order valence-corrected chi connectivity index (χ0v) is 10.8. The zero-order chi connectivity index (χ0) is 12.6. The quantitative estimate of drug-likeness (QED) is 0.862. The Morgan fingerprint density at radius 3 is 2.59 bits per heavy atom. The molecule has 0 aliphatic carbocycles. The summed E-state index contributed by atoms with van der Waals surface area (Å²) in [6.45, 7) is 8.99. The molecule has 0 saturated heterocycles. The van der Waals surface area contributed by atoms with Gasteiger partial charge in [0.05, 0.1) is 17.1 Å². The SMILES string of the molecule is CCn1nc(C)c(-c2nccc(C)c2N)c1C. The van der Waals surface area contributed by atoms with Gasteiger partial charge in [0.25, 0.3) is 0 Å². The van der Waals surface area contributed by atoms with Gasteiger partial charge in [0, 0.05) is 24.0 Å². The van der Waals surface area contributed by atoms with Crippen LogP contribution in [0.2, 0.25) is 0 Å². The van der Waals surface area contributed by atoms with Crippen molar-refractivity contribution in [3.8, 4) is 11.3 Å². The van der Waals surface area contributed by atoms with Gasteiger partial charge in [0.15, 0.2) is 0 Å². The van der Waals surface area contributed by atoms with Crippen LogP contribution in [0.25, 0.3) is 11.3 Å². The Balaban J connectivity index is 2.68. The Labute approximate surface area is 101 Å². The van der Waals surface area contributed by atoms with Crippen molar-refractivity contribution in [2.24, 2.45) is 0 Å². The second kappa shape index (κ2) is 4.20. The Morgan fingerprint density at radius 2 is 2.00 bits per heavy atom. The van der Waals surface area contributed by atoms with Crippen molar-refractivity contribution in [3.63, 3.8) is 0 Å². The van der Waals surface area contributed by atoms with Gasteiger partial charge >= 0.3 is 0 Å². The highest BCUT2D eigenvalue weighted by Crippen LogP contribution is 2.30. The topological polar surface area (TPSA) is 56.7 Å². The van der Waals surface area contributed by atoms with Gasteiger partial charge in [0.1, 0.15) is 0 Å². The molecule has 0 aliphatic heterocycles. The van der Waals surface area contributed by atoms with E-state index in [1.807, 2.05) is 24.6 Å². The van der Waals surface area contributed by atoms with Gasteiger partial charge in [-0.15, -0.1) is 0 Å². The van der Waals surface area contributed by atoms with Crippen molar-refractivity contribution in [1.82, 2.24) is 14.8 Å². The van der Waals surface area contributed by atoms with E-state index < -0.39 is 0 Å². The Kier molecular flexibility index (Phi) is 2.88. The van der Waals surface area contributed by atoms with Crippen LogP contribution in [0, 0.1) is 20.8 Å². The van der Waals surface area contributed by atoms with Gasteiger partial charge in [-0.3, -0.25) is 9.67 Å². The minimum Gasteiger partial charge on any atom is -0.397 e. The standard InChI is InChI=1S/C13H18N4/c1-5-17-10(4)11(9(3)16-17)13-12(14)8(2)6-7-15-13/h6-7H,5,14H2,1-4H3. The summed E-state index contributed by atoms with van der Waals surface area (Å²) >= 11 is 0. The molecule has 0 bridgehead atoms. The number of rotatable bonds is 2. The average molecular weight is 230 g/mol. The minimum atomic E-state index is 0.745. The third-order valence-electron chi connectivity index (χ3n) is 3.13. The molecule has 0 aliphatic rings. The third-order valence-corrected chi connectivity index (χ3v) is 3.13. The van der Waals surface area contributed by atoms with E-state index in [1.165, 1.54) is 0 Å². The molecule has 0 atom stereocenters. The molecular formula is C13H18N4. The van der Waals surface area contributed by atoms with Gasteiger partial charge in [-0.25, -0.2) is 0 Å². The van der Waals surface area contributed by atoms with E-state index in [0.29, 0.717) is 0 Å². The van der Waals surface area contributed by atoms with E-state index in [1.54, 1.807) is 6.20 Å². The fraction of sp³-hybridized carbons (Fsp3) is 0.385. The van der Waals surface area contributed by atoms with Crippen molar-refractivity contribution >= 4 is 5.69 Å². The van der Waals surface area contributed by atoms with Crippen LogP contribution in [0.5, 0.6) is 0 Å². The lowest BCUT2D eigenvalue weighted by Crippen LogP contribution is -2.00. The molecule has 0 aromatic carbocycles. The molecule has 2 aromatic rings. The van der Waals surface area contributed by atoms with Crippen molar-refractivity contribution < 1.29 is 0 Å². The third kappa shape index (κ3) is 1.79. The zero-order valence-electron chi connectivity index (χ0n) is 10.8. The Hall–Kier alpha value is -1.84. The van der Waals surface area contributed by atoms with E-state index in [4.69, 9.17) is 5.73 Å². The Bertz CT molecular complexity index is 555. The predicted octanol–water partition coefficient (Wildman–Crippen LogP) is 2.47. The molecule has 0 fully saturated rings. The van der Waals surface area contributed by atoms with Crippen LogP contribution in [-0.4, -0.2) is 14.8 Å². The normalized spacial score (nSPS) is 10.8. The second-order valence-corrected chi connectivity index (χ2v) is 4.25. The fourth-order valence-electron chi connectivity index (χ4n) is 2.12. The smallest absolute Gasteiger partial charge is 0.0970 e. The van der Waals surface area contributed by atoms with Crippen LogP contribution in [0.1, 0.15) is 23.9 Å². The first kappa shape index (κ1) is 11.6. The molecule has 17 heavy (non-hydrogen) atoms. The van der Waals surface area contributed by atoms with Crippen molar-refractivity contribution in [2.75, 3.05) is 5.73 Å². The van der Waals surface area contributed by atoms with Gasteiger partial charge in [-0.2, -0.15) is 5.10 Å². The Morgan fingerprint density at radius 1 is 1.29 bits per heavy atom. The van der Waals surface area contributed by atoms with E-state index >= 15 is 0 Å². The van der Waals surface area contributed by atoms with Gasteiger partial charge in [0.2, 0.25) is 0 Å². The van der Waals surface area contributed by atoms with Crippen LogP contribution in [0.4, 0.5) is 5.69 Å². The second-order valence-electron chi connectivity index (χ2n) is 4.25. The molecule has 90 valence electrons. The summed E-state index contributed by atoms with van der Waals surface area (Å²) in [4.78, 5) is 4.40. The molecule has 0 unspecified atom stereocenters. The van der Waals surface area contributed by atoms with Crippen molar-refractivity contribution in [3.05, 3.63) is 29.2 Å². The minimum absolute atomic E-state index is 0.745. The highest BCUT2D eigenvalue weighted by Gasteiger charge is 2.16. The van der Waals surface area contributed by atoms with Gasteiger partial charge < -0.3 is 5.73 Å². The largest absolute Gasteiger partial charge is 0.397 e. The maximum absolute atomic E-state index is 6.10. The van der Waals surface area contributed by atoms with Crippen LogP contribution in [-0.2, 0) is 6.54 Å². The van der Waals surface area contributed by atoms with Crippen molar-refractivity contribution in [1.29, 1.82) is 0 Å². The maximum atomic E-state index is 6.10. The number of aryl methyl sites for hydroxylation is 3. The molecule has 2 N–H and O–H groups in total. The first-order chi connectivity index (χ1) is 8.06. The summed E-state index contributed by atoms with van der Waals surface area (Å²) < 4.78 is 1.98. The molecule has 4 nitrogen and oxygen atoms in total. The maximum Gasteiger partial charge on any atom is 0.0970 e. The molecule has 0 saturated carbocycles. The lowest BCUT2D eigenvalue weighted by atomic mass is 10.1. The van der Waals surface area contributed by atoms with Crippen LogP contribution in [0.15, 0.2) is 12.3 Å². The van der Waals surface area contributed by atoms with Gasteiger partial charge in [-0.05, 0) is 39.3 Å². The first-order valence-electron chi connectivity index (χ1n) is 5.81. The number of aromatic nitrogens is 3. The lowest BCUT2D eigenvalue weighted by molar-refractivity contribution is 0.634. The fourth-order valence-corrected chi connectivity index (χ4v) is 2.12. The van der Waals surface area contributed by atoms with E-state index in [2.05, 4.69) is 23.9 Å². The number of hydrogen-bond acceptors (Lipinski definition) is 3. The number of nitrogen functional groups attached to an aromatic ring is 1. The number of pyridine rings is 1. The lowest BCUT2D eigenvalue weighted by Gasteiger charge is -2.07. The number of anilines is 1. The number of nitrogens with zero attached hydrogens (tertiary/aromatic N) is 3. The number of nitrogens with two attached hydrogens (primary N) is 1. The first-order valence-corrected chi connectivity index (χ1v) is 5.81. The summed E-state index contributed by atoms with van der Waals surface area (Å²) in [5, 5.41) is 4.50. The number of hydrogen-bond donors (Lipinski definition) is 1. The molecular weight excluding hydrogens is 212 g/mol. The molecule has 2 aromatic heterocycles.